The number of hydrogen-bond acceptors (Lipinski definition) is 2. The number of fused-ring (bicyclic) bond motifs is 8. The molecule has 0 fully saturated rings. The molecule has 2 nitrogen and oxygen atoms in total. The van der Waals surface area contributed by atoms with Gasteiger partial charge in [-0.3, -0.25) is 0 Å². The van der Waals surface area contributed by atoms with Gasteiger partial charge in [-0.2, -0.15) is 0 Å². The molecule has 0 bridgehead atoms. The van der Waals surface area contributed by atoms with Gasteiger partial charge in [0.1, 0.15) is 50.4 Å². The maximum absolute atomic E-state index is 6.69. The highest BCUT2D eigenvalue weighted by Crippen LogP contribution is 2.52. The van der Waals surface area contributed by atoms with E-state index >= 15 is 0 Å². The van der Waals surface area contributed by atoms with Crippen LogP contribution < -0.4 is 32.2 Å². The highest BCUT2D eigenvalue weighted by Gasteiger charge is 2.37. The molecule has 0 spiro atoms. The summed E-state index contributed by atoms with van der Waals surface area (Å²) in [5.41, 5.74) is 22.2. The van der Waals surface area contributed by atoms with Crippen molar-refractivity contribution in [1.82, 2.24) is 0 Å². The fourth-order valence-corrected chi connectivity index (χ4v) is 9.76. The molecular weight excluding hydrogens is 673 g/mol. The first-order valence-electron chi connectivity index (χ1n) is 19.8. The fraction of sp³-hybridized carbons (Fsp3) is 0.0612. The molecule has 0 unspecified atom stereocenters. The number of benzene rings is 8. The molecule has 0 saturated heterocycles. The van der Waals surface area contributed by atoms with E-state index in [0.717, 1.165) is 49.8 Å². The lowest BCUT2D eigenvalue weighted by Crippen LogP contribution is -2.56. The molecule has 56 heavy (non-hydrogen) atoms. The molecule has 0 saturated carbocycles. The molecule has 7 heteroatoms. The maximum Gasteiger partial charge on any atom is 0.143 e. The smallest absolute Gasteiger partial charge is 0.143 e. The van der Waals surface area contributed by atoms with Crippen LogP contribution in [-0.2, 0) is 5.41 Å². The van der Waals surface area contributed by atoms with Crippen molar-refractivity contribution in [2.45, 2.75) is 19.3 Å². The first-order valence-corrected chi connectivity index (χ1v) is 19.8. The zero-order chi connectivity index (χ0) is 38.5. The van der Waals surface area contributed by atoms with E-state index in [1.54, 1.807) is 0 Å². The van der Waals surface area contributed by atoms with Gasteiger partial charge < -0.3 is 9.32 Å². The quantitative estimate of drug-likeness (QED) is 0.230. The average molecular weight is 713 g/mol. The van der Waals surface area contributed by atoms with Crippen LogP contribution in [0, 0.1) is 0 Å². The minimum absolute atomic E-state index is 0.0953. The average Bonchev–Trinajstić information content (AvgIpc) is 3.74. The molecule has 9 aromatic rings. The molecule has 262 valence electrons. The molecule has 8 aromatic carbocycles. The lowest BCUT2D eigenvalue weighted by molar-refractivity contribution is 0.662. The van der Waals surface area contributed by atoms with E-state index in [2.05, 4.69) is 204 Å². The molecule has 0 aliphatic heterocycles. The van der Waals surface area contributed by atoms with Crippen molar-refractivity contribution in [3.05, 3.63) is 157 Å². The summed E-state index contributed by atoms with van der Waals surface area (Å²) in [6, 6.07) is 53.3. The summed E-state index contributed by atoms with van der Waals surface area (Å²) in [7, 11) is 11.4. The second-order valence-electron chi connectivity index (χ2n) is 16.2. The van der Waals surface area contributed by atoms with Crippen LogP contribution in [0.25, 0.3) is 66.1 Å². The van der Waals surface area contributed by atoms with Crippen molar-refractivity contribution >= 4 is 116 Å². The van der Waals surface area contributed by atoms with E-state index in [1.165, 1.54) is 71.8 Å². The Morgan fingerprint density at radius 1 is 0.482 bits per heavy atom. The predicted octanol–water partition coefficient (Wildman–Crippen LogP) is 5.14. The lowest BCUT2D eigenvalue weighted by atomic mass is 9.61. The maximum atomic E-state index is 6.69. The van der Waals surface area contributed by atoms with E-state index in [0.29, 0.717) is 0 Å². The Hall–Kier alpha value is -6.06. The van der Waals surface area contributed by atoms with Crippen molar-refractivity contribution in [3.63, 3.8) is 0 Å². The Labute approximate surface area is 333 Å². The number of anilines is 3. The molecular formula is C49H40B5NO. The number of rotatable bonds is 5. The summed E-state index contributed by atoms with van der Waals surface area (Å²) in [6.45, 7) is 4.74. The van der Waals surface area contributed by atoms with Gasteiger partial charge in [0.25, 0.3) is 0 Å². The summed E-state index contributed by atoms with van der Waals surface area (Å²) in [6.07, 6.45) is 0. The zero-order valence-corrected chi connectivity index (χ0v) is 33.2. The van der Waals surface area contributed by atoms with Gasteiger partial charge in [-0.15, -0.1) is 5.46 Å². The SMILES string of the molecule is Bc1c(B)c(B)c(N(c2ccc(-c3cccc4c3C(C)(C)c3ccccc3-4)cc2)c2ccccc2-c2cccc3oc4c5ccccc5ccc4c23)c(B)c1B. The van der Waals surface area contributed by atoms with Crippen molar-refractivity contribution in [1.29, 1.82) is 0 Å². The summed E-state index contributed by atoms with van der Waals surface area (Å²) in [5.74, 6) is 0. The van der Waals surface area contributed by atoms with Gasteiger partial charge in [0.2, 0.25) is 0 Å². The van der Waals surface area contributed by atoms with Crippen molar-refractivity contribution in [2.75, 3.05) is 4.90 Å². The zero-order valence-electron chi connectivity index (χ0n) is 33.2. The van der Waals surface area contributed by atoms with Gasteiger partial charge in [0.15, 0.2) is 0 Å². The number of nitrogens with zero attached hydrogens (tertiary/aromatic N) is 1. The van der Waals surface area contributed by atoms with E-state index in [1.807, 2.05) is 0 Å². The van der Waals surface area contributed by atoms with E-state index in [4.69, 9.17) is 4.42 Å². The standard InChI is InChI=1S/C49H40B5NO/c1-49(2)37-18-7-5-13-32(37)35-17-9-15-30(41(35)49)28-21-24-29(25-22-28)55(47-45(53)43(51)42(50)44(52)46(47)54)38-19-8-6-14-33(38)34-16-10-20-39-40(34)36-26-23-27-11-3-4-12-31(27)48(36)56-39/h3-26H,50-54H2,1-2H3. The monoisotopic (exact) mass is 713 g/mol. The first-order chi connectivity index (χ1) is 27.1. The lowest BCUT2D eigenvalue weighted by Gasteiger charge is -2.33. The molecule has 1 aliphatic carbocycles. The summed E-state index contributed by atoms with van der Waals surface area (Å²) in [5, 5.41) is 4.59. The van der Waals surface area contributed by atoms with Crippen molar-refractivity contribution in [3.8, 4) is 33.4 Å². The summed E-state index contributed by atoms with van der Waals surface area (Å²) >= 11 is 0. The van der Waals surface area contributed by atoms with Crippen LogP contribution in [0.3, 0.4) is 0 Å². The topological polar surface area (TPSA) is 16.4 Å². The normalized spacial score (nSPS) is 13.0. The van der Waals surface area contributed by atoms with Gasteiger partial charge in [-0.1, -0.05) is 151 Å². The third-order valence-corrected chi connectivity index (χ3v) is 13.0. The fourth-order valence-electron chi connectivity index (χ4n) is 9.76. The van der Waals surface area contributed by atoms with Gasteiger partial charge in [-0.25, -0.2) is 0 Å². The minimum Gasteiger partial charge on any atom is -0.455 e. The highest BCUT2D eigenvalue weighted by molar-refractivity contribution is 6.69. The van der Waals surface area contributed by atoms with Gasteiger partial charge >= 0.3 is 0 Å². The van der Waals surface area contributed by atoms with Crippen LogP contribution in [0.5, 0.6) is 0 Å². The third kappa shape index (κ3) is 4.96. The second kappa shape index (κ2) is 12.7. The Balaban J connectivity index is 1.19. The van der Waals surface area contributed by atoms with E-state index in [9.17, 15) is 0 Å². The minimum atomic E-state index is -0.0953. The Kier molecular flexibility index (Phi) is 7.84. The first kappa shape index (κ1) is 34.4. The molecule has 0 amide bonds. The highest BCUT2D eigenvalue weighted by atomic mass is 16.3. The van der Waals surface area contributed by atoms with Crippen molar-refractivity contribution < 1.29 is 4.42 Å². The van der Waals surface area contributed by atoms with Crippen LogP contribution >= 0.6 is 0 Å². The molecule has 0 N–H and O–H groups in total. The molecule has 1 aliphatic rings. The molecule has 10 rings (SSSR count). The molecule has 1 heterocycles. The predicted molar refractivity (Wildman–Crippen MR) is 255 cm³/mol. The molecule has 0 radical (unpaired) electrons. The Bertz CT molecular complexity index is 3040. The summed E-state index contributed by atoms with van der Waals surface area (Å²) < 4.78 is 6.69. The second-order valence-corrected chi connectivity index (χ2v) is 16.2. The molecule has 0 atom stereocenters. The van der Waals surface area contributed by atoms with Gasteiger partial charge in [0, 0.05) is 38.5 Å². The van der Waals surface area contributed by atoms with Crippen molar-refractivity contribution in [2.24, 2.45) is 0 Å². The van der Waals surface area contributed by atoms with Crippen LogP contribution in [0.1, 0.15) is 25.0 Å². The van der Waals surface area contributed by atoms with Crippen LogP contribution in [0.2, 0.25) is 0 Å². The van der Waals surface area contributed by atoms with E-state index in [-0.39, 0.29) is 5.41 Å². The summed E-state index contributed by atoms with van der Waals surface area (Å²) in [4.78, 5) is 2.51. The Morgan fingerprint density at radius 2 is 1.09 bits per heavy atom. The van der Waals surface area contributed by atoms with Gasteiger partial charge in [-0.05, 0) is 74.7 Å². The Morgan fingerprint density at radius 3 is 1.88 bits per heavy atom. The number of furan rings is 1. The van der Waals surface area contributed by atoms with E-state index < -0.39 is 0 Å². The number of para-hydroxylation sites is 1. The van der Waals surface area contributed by atoms with Crippen LogP contribution in [0.4, 0.5) is 17.1 Å². The largest absolute Gasteiger partial charge is 0.455 e. The van der Waals surface area contributed by atoms with Gasteiger partial charge in [0.05, 0.1) is 5.69 Å². The molecule has 1 aromatic heterocycles. The van der Waals surface area contributed by atoms with Crippen LogP contribution in [0.15, 0.2) is 150 Å². The van der Waals surface area contributed by atoms with Crippen LogP contribution in [-0.4, -0.2) is 39.2 Å². The third-order valence-electron chi connectivity index (χ3n) is 13.0. The number of hydrogen-bond donors (Lipinski definition) is 0.